The molecule has 0 radical (unpaired) electrons. The number of carbonyl (C=O) groups is 1. The summed E-state index contributed by atoms with van der Waals surface area (Å²) in [6, 6.07) is 3.81. The molecule has 1 N–H and O–H groups in total. The van der Waals surface area contributed by atoms with Crippen molar-refractivity contribution in [1.82, 2.24) is 15.5 Å². The second kappa shape index (κ2) is 5.44. The summed E-state index contributed by atoms with van der Waals surface area (Å²) in [4.78, 5) is 13.3. The van der Waals surface area contributed by atoms with Crippen molar-refractivity contribution in [2.24, 2.45) is 5.92 Å². The van der Waals surface area contributed by atoms with E-state index in [4.69, 9.17) is 0 Å². The zero-order chi connectivity index (χ0) is 12.1. The number of aromatic nitrogens is 2. The highest BCUT2D eigenvalue weighted by Gasteiger charge is 2.14. The molecule has 1 rings (SSSR count). The standard InChI is InChI=1S/C11H18N4O/c1-8(11(16)12-3)7-15(4)10-6-5-9(2)13-14-10/h5-6,8H,7H2,1-4H3,(H,12,16). The van der Waals surface area contributed by atoms with Crippen molar-refractivity contribution >= 4 is 11.7 Å². The van der Waals surface area contributed by atoms with Crippen LogP contribution in [0, 0.1) is 12.8 Å². The van der Waals surface area contributed by atoms with Gasteiger partial charge in [0, 0.05) is 20.6 Å². The molecule has 1 unspecified atom stereocenters. The topological polar surface area (TPSA) is 58.1 Å². The lowest BCUT2D eigenvalue weighted by molar-refractivity contribution is -0.123. The molecule has 0 aliphatic heterocycles. The van der Waals surface area contributed by atoms with E-state index in [1.807, 2.05) is 37.9 Å². The van der Waals surface area contributed by atoms with Crippen molar-refractivity contribution in [3.8, 4) is 0 Å². The summed E-state index contributed by atoms with van der Waals surface area (Å²) in [5.74, 6) is 0.742. The molecular weight excluding hydrogens is 204 g/mol. The molecule has 0 aliphatic carbocycles. The molecule has 5 nitrogen and oxygen atoms in total. The molecule has 0 spiro atoms. The van der Waals surface area contributed by atoms with E-state index in [9.17, 15) is 4.79 Å². The van der Waals surface area contributed by atoms with Crippen molar-refractivity contribution in [3.05, 3.63) is 17.8 Å². The van der Waals surface area contributed by atoms with Crippen molar-refractivity contribution in [1.29, 1.82) is 0 Å². The Morgan fingerprint density at radius 3 is 2.69 bits per heavy atom. The van der Waals surface area contributed by atoms with Gasteiger partial charge in [-0.1, -0.05) is 6.92 Å². The van der Waals surface area contributed by atoms with Crippen LogP contribution in [0.25, 0.3) is 0 Å². The van der Waals surface area contributed by atoms with Gasteiger partial charge in [-0.15, -0.1) is 5.10 Å². The molecule has 88 valence electrons. The first-order valence-corrected chi connectivity index (χ1v) is 5.27. The minimum atomic E-state index is -0.0712. The van der Waals surface area contributed by atoms with Crippen LogP contribution in [0.4, 0.5) is 5.82 Å². The number of rotatable bonds is 4. The normalized spacial score (nSPS) is 12.0. The van der Waals surface area contributed by atoms with Crippen molar-refractivity contribution in [2.75, 3.05) is 25.5 Å². The van der Waals surface area contributed by atoms with Crippen molar-refractivity contribution < 1.29 is 4.79 Å². The lowest BCUT2D eigenvalue weighted by Gasteiger charge is -2.20. The number of amides is 1. The highest BCUT2D eigenvalue weighted by molar-refractivity contribution is 5.78. The zero-order valence-corrected chi connectivity index (χ0v) is 10.2. The lowest BCUT2D eigenvalue weighted by atomic mass is 10.1. The minimum absolute atomic E-state index is 0.0342. The maximum atomic E-state index is 11.4. The predicted molar refractivity (Wildman–Crippen MR) is 63.3 cm³/mol. The molecule has 1 aromatic heterocycles. The number of carbonyl (C=O) groups excluding carboxylic acids is 1. The quantitative estimate of drug-likeness (QED) is 0.810. The van der Waals surface area contributed by atoms with Crippen LogP contribution in [0.3, 0.4) is 0 Å². The number of nitrogens with one attached hydrogen (secondary N) is 1. The summed E-state index contributed by atoms with van der Waals surface area (Å²) < 4.78 is 0. The Hall–Kier alpha value is -1.65. The van der Waals surface area contributed by atoms with E-state index in [0.29, 0.717) is 6.54 Å². The fourth-order valence-corrected chi connectivity index (χ4v) is 1.43. The second-order valence-electron chi connectivity index (χ2n) is 3.93. The summed E-state index contributed by atoms with van der Waals surface area (Å²) in [7, 11) is 3.54. The summed E-state index contributed by atoms with van der Waals surface area (Å²) in [5, 5.41) is 10.7. The van der Waals surface area contributed by atoms with Gasteiger partial charge < -0.3 is 10.2 Å². The van der Waals surface area contributed by atoms with E-state index in [1.165, 1.54) is 0 Å². The van der Waals surface area contributed by atoms with Crippen LogP contribution < -0.4 is 10.2 Å². The Morgan fingerprint density at radius 2 is 2.19 bits per heavy atom. The number of hydrogen-bond acceptors (Lipinski definition) is 4. The smallest absolute Gasteiger partial charge is 0.224 e. The first-order chi connectivity index (χ1) is 7.54. The van der Waals surface area contributed by atoms with Crippen LogP contribution in [-0.4, -0.2) is 36.7 Å². The van der Waals surface area contributed by atoms with Crippen LogP contribution in [0.1, 0.15) is 12.6 Å². The maximum Gasteiger partial charge on any atom is 0.224 e. The van der Waals surface area contributed by atoms with Gasteiger partial charge in [-0.3, -0.25) is 4.79 Å². The summed E-state index contributed by atoms with van der Waals surface area (Å²) in [5.41, 5.74) is 0.886. The van der Waals surface area contributed by atoms with Gasteiger partial charge in [-0.25, -0.2) is 0 Å². The Bertz CT molecular complexity index is 350. The summed E-state index contributed by atoms with van der Waals surface area (Å²) >= 11 is 0. The molecule has 1 aromatic rings. The van der Waals surface area contributed by atoms with E-state index < -0.39 is 0 Å². The maximum absolute atomic E-state index is 11.4. The van der Waals surface area contributed by atoms with Crippen LogP contribution in [0.2, 0.25) is 0 Å². The highest BCUT2D eigenvalue weighted by atomic mass is 16.1. The number of hydrogen-bond donors (Lipinski definition) is 1. The molecule has 1 atom stereocenters. The number of anilines is 1. The largest absolute Gasteiger partial charge is 0.359 e. The Kier molecular flexibility index (Phi) is 4.22. The Balaban J connectivity index is 2.61. The zero-order valence-electron chi connectivity index (χ0n) is 10.2. The monoisotopic (exact) mass is 222 g/mol. The van der Waals surface area contributed by atoms with E-state index in [2.05, 4.69) is 15.5 Å². The van der Waals surface area contributed by atoms with Gasteiger partial charge in [-0.2, -0.15) is 5.10 Å². The molecule has 5 heteroatoms. The fraction of sp³-hybridized carbons (Fsp3) is 0.545. The Morgan fingerprint density at radius 1 is 1.50 bits per heavy atom. The molecule has 1 heterocycles. The van der Waals surface area contributed by atoms with E-state index >= 15 is 0 Å². The predicted octanol–water partition coefficient (Wildman–Crippen LogP) is 0.603. The van der Waals surface area contributed by atoms with Gasteiger partial charge in [-0.05, 0) is 19.1 Å². The molecule has 0 saturated carbocycles. The summed E-state index contributed by atoms with van der Waals surface area (Å²) in [6.45, 7) is 4.40. The van der Waals surface area contributed by atoms with Gasteiger partial charge in [0.1, 0.15) is 0 Å². The second-order valence-corrected chi connectivity index (χ2v) is 3.93. The van der Waals surface area contributed by atoms with Crippen LogP contribution in [0.15, 0.2) is 12.1 Å². The van der Waals surface area contributed by atoms with Gasteiger partial charge in [0.25, 0.3) is 0 Å². The number of nitrogens with zero attached hydrogens (tertiary/aromatic N) is 3. The van der Waals surface area contributed by atoms with E-state index in [0.717, 1.165) is 11.5 Å². The van der Waals surface area contributed by atoms with Crippen LogP contribution in [0.5, 0.6) is 0 Å². The molecule has 1 amide bonds. The van der Waals surface area contributed by atoms with Crippen molar-refractivity contribution in [3.63, 3.8) is 0 Å². The van der Waals surface area contributed by atoms with Gasteiger partial charge in [0.2, 0.25) is 5.91 Å². The molecular formula is C11H18N4O. The summed E-state index contributed by atoms with van der Waals surface area (Å²) in [6.07, 6.45) is 0. The molecule has 0 fully saturated rings. The minimum Gasteiger partial charge on any atom is -0.359 e. The average molecular weight is 222 g/mol. The SMILES string of the molecule is CNC(=O)C(C)CN(C)c1ccc(C)nn1. The molecule has 0 aromatic carbocycles. The third-order valence-corrected chi connectivity index (χ3v) is 2.42. The molecule has 0 bridgehead atoms. The fourth-order valence-electron chi connectivity index (χ4n) is 1.43. The number of aryl methyl sites for hydroxylation is 1. The third kappa shape index (κ3) is 3.18. The van der Waals surface area contributed by atoms with E-state index in [1.54, 1.807) is 7.05 Å². The van der Waals surface area contributed by atoms with Crippen molar-refractivity contribution in [2.45, 2.75) is 13.8 Å². The average Bonchev–Trinajstić information content (AvgIpc) is 2.28. The Labute approximate surface area is 95.9 Å². The van der Waals surface area contributed by atoms with E-state index in [-0.39, 0.29) is 11.8 Å². The van der Waals surface area contributed by atoms with Crippen LogP contribution in [-0.2, 0) is 4.79 Å². The first-order valence-electron chi connectivity index (χ1n) is 5.27. The van der Waals surface area contributed by atoms with Gasteiger partial charge in [0.15, 0.2) is 5.82 Å². The van der Waals surface area contributed by atoms with Crippen LogP contribution >= 0.6 is 0 Å². The lowest BCUT2D eigenvalue weighted by Crippen LogP contribution is -2.34. The molecule has 0 aliphatic rings. The highest BCUT2D eigenvalue weighted by Crippen LogP contribution is 2.09. The first kappa shape index (κ1) is 12.4. The third-order valence-electron chi connectivity index (χ3n) is 2.42. The molecule has 0 saturated heterocycles. The van der Waals surface area contributed by atoms with Gasteiger partial charge >= 0.3 is 0 Å². The molecule has 16 heavy (non-hydrogen) atoms. The van der Waals surface area contributed by atoms with Gasteiger partial charge in [0.05, 0.1) is 11.6 Å².